The number of Topliss-reactive ketones (excluding diaryl/α,β-unsaturated/α-hetero) is 1. The highest BCUT2D eigenvalue weighted by Crippen LogP contribution is 2.31. The summed E-state index contributed by atoms with van der Waals surface area (Å²) in [5, 5.41) is 0. The van der Waals surface area contributed by atoms with E-state index >= 15 is 0 Å². The van der Waals surface area contributed by atoms with Gasteiger partial charge >= 0.3 is 5.97 Å². The van der Waals surface area contributed by atoms with E-state index < -0.39 is 5.97 Å². The van der Waals surface area contributed by atoms with Gasteiger partial charge < -0.3 is 14.2 Å². The molecule has 1 aromatic carbocycles. The Balaban J connectivity index is 2.01. The van der Waals surface area contributed by atoms with Crippen molar-refractivity contribution < 1.29 is 23.8 Å². The van der Waals surface area contributed by atoms with Crippen LogP contribution in [0.5, 0.6) is 5.75 Å². The molecule has 0 fully saturated rings. The summed E-state index contributed by atoms with van der Waals surface area (Å²) in [6.07, 6.45) is 8.75. The van der Waals surface area contributed by atoms with Crippen LogP contribution in [0.2, 0.25) is 0 Å². The second-order valence-corrected chi connectivity index (χ2v) is 6.47. The van der Waals surface area contributed by atoms with Gasteiger partial charge in [-0.3, -0.25) is 4.79 Å². The summed E-state index contributed by atoms with van der Waals surface area (Å²) >= 11 is 0. The molecule has 1 aromatic rings. The second-order valence-electron chi connectivity index (χ2n) is 6.47. The standard InChI is InChI=1S/C22H24O5/c1-25-22(24)17-14-16-8-4-5-9-20(16)26-12-6-2-3-7-13-27-21-11-10-19(23)18(21)15-17/h2,4-6,8-9,14H,3,7,10-13,15H2,1H3/b6-2-,17-14+. The Morgan fingerprint density at radius 1 is 1.11 bits per heavy atom. The molecule has 0 aromatic heterocycles. The Hall–Kier alpha value is -2.82. The number of rotatable bonds is 1. The molecule has 0 unspecified atom stereocenters. The molecule has 0 amide bonds. The van der Waals surface area contributed by atoms with Crippen LogP contribution in [0.25, 0.3) is 6.08 Å². The maximum Gasteiger partial charge on any atom is 0.334 e. The Morgan fingerprint density at radius 3 is 2.81 bits per heavy atom. The van der Waals surface area contributed by atoms with Crippen LogP contribution in [-0.2, 0) is 19.1 Å². The number of para-hydroxylation sites is 1. The average molecular weight is 368 g/mol. The van der Waals surface area contributed by atoms with Crippen molar-refractivity contribution in [3.63, 3.8) is 0 Å². The zero-order valence-electron chi connectivity index (χ0n) is 15.5. The molecular weight excluding hydrogens is 344 g/mol. The Morgan fingerprint density at radius 2 is 1.96 bits per heavy atom. The third kappa shape index (κ3) is 4.88. The van der Waals surface area contributed by atoms with Gasteiger partial charge in [0, 0.05) is 36.0 Å². The lowest BCUT2D eigenvalue weighted by Crippen LogP contribution is -2.09. The van der Waals surface area contributed by atoms with Crippen LogP contribution in [0, 0.1) is 0 Å². The van der Waals surface area contributed by atoms with Crippen molar-refractivity contribution in [2.24, 2.45) is 0 Å². The van der Waals surface area contributed by atoms with Crippen molar-refractivity contribution in [1.82, 2.24) is 0 Å². The molecule has 5 heteroatoms. The molecule has 0 saturated carbocycles. The lowest BCUT2D eigenvalue weighted by molar-refractivity contribution is -0.136. The Bertz CT molecular complexity index is 801. The number of methoxy groups -OCH3 is 1. The van der Waals surface area contributed by atoms with Gasteiger partial charge in [-0.2, -0.15) is 0 Å². The summed E-state index contributed by atoms with van der Waals surface area (Å²) in [6, 6.07) is 7.51. The number of hydrogen-bond acceptors (Lipinski definition) is 5. The number of ketones is 1. The van der Waals surface area contributed by atoms with Gasteiger partial charge in [-0.05, 0) is 25.0 Å². The van der Waals surface area contributed by atoms with Crippen LogP contribution in [0.15, 0.2) is 53.3 Å². The number of carbonyl (C=O) groups excluding carboxylic acids is 2. The summed E-state index contributed by atoms with van der Waals surface area (Å²) in [5.41, 5.74) is 1.76. The molecular formula is C22H24O5. The van der Waals surface area contributed by atoms with Crippen molar-refractivity contribution in [3.05, 3.63) is 58.9 Å². The lowest BCUT2D eigenvalue weighted by atomic mass is 10.0. The zero-order valence-corrected chi connectivity index (χ0v) is 15.5. The summed E-state index contributed by atoms with van der Waals surface area (Å²) in [5.74, 6) is 0.967. The van der Waals surface area contributed by atoms with E-state index in [0.717, 1.165) is 18.4 Å². The predicted octanol–water partition coefficient (Wildman–Crippen LogP) is 4.00. The van der Waals surface area contributed by atoms with Crippen molar-refractivity contribution >= 4 is 17.8 Å². The highest BCUT2D eigenvalue weighted by Gasteiger charge is 2.27. The van der Waals surface area contributed by atoms with Crippen molar-refractivity contribution in [3.8, 4) is 5.75 Å². The summed E-state index contributed by atoms with van der Waals surface area (Å²) in [4.78, 5) is 24.7. The van der Waals surface area contributed by atoms with Crippen LogP contribution in [-0.4, -0.2) is 32.1 Å². The van der Waals surface area contributed by atoms with E-state index in [1.807, 2.05) is 30.3 Å². The normalized spacial score (nSPS) is 21.4. The number of allylic oxidation sites excluding steroid dienone is 3. The lowest BCUT2D eigenvalue weighted by Gasteiger charge is -2.11. The van der Waals surface area contributed by atoms with E-state index in [4.69, 9.17) is 14.2 Å². The summed E-state index contributed by atoms with van der Waals surface area (Å²) in [6.45, 7) is 1.00. The minimum atomic E-state index is -0.458. The second kappa shape index (κ2) is 9.21. The van der Waals surface area contributed by atoms with E-state index in [1.54, 1.807) is 6.08 Å². The van der Waals surface area contributed by atoms with Crippen molar-refractivity contribution in [2.75, 3.05) is 20.3 Å². The average Bonchev–Trinajstić information content (AvgIpc) is 3.02. The first-order valence-electron chi connectivity index (χ1n) is 9.22. The molecule has 0 saturated heterocycles. The molecule has 0 radical (unpaired) electrons. The highest BCUT2D eigenvalue weighted by atomic mass is 16.5. The first kappa shape index (κ1) is 19.0. The smallest absolute Gasteiger partial charge is 0.334 e. The molecule has 2 aliphatic rings. The first-order valence-corrected chi connectivity index (χ1v) is 9.22. The van der Waals surface area contributed by atoms with Gasteiger partial charge in [0.25, 0.3) is 0 Å². The fourth-order valence-electron chi connectivity index (χ4n) is 3.18. The molecule has 0 N–H and O–H groups in total. The molecule has 1 aliphatic heterocycles. The van der Waals surface area contributed by atoms with E-state index in [2.05, 4.69) is 6.08 Å². The van der Waals surface area contributed by atoms with E-state index in [0.29, 0.717) is 48.7 Å². The SMILES string of the molecule is COC(=O)/C1=C/c2ccccc2OC/C=C\CCCOC2=C(C1)C(=O)CC2. The van der Waals surface area contributed by atoms with Crippen LogP contribution >= 0.6 is 0 Å². The molecule has 3 rings (SSSR count). The van der Waals surface area contributed by atoms with Crippen molar-refractivity contribution in [1.29, 1.82) is 0 Å². The largest absolute Gasteiger partial charge is 0.497 e. The van der Waals surface area contributed by atoms with Crippen LogP contribution in [0.3, 0.4) is 0 Å². The Labute approximate surface area is 159 Å². The zero-order chi connectivity index (χ0) is 19.1. The third-order valence-electron chi connectivity index (χ3n) is 4.61. The van der Waals surface area contributed by atoms with Gasteiger partial charge in [-0.15, -0.1) is 0 Å². The van der Waals surface area contributed by atoms with Crippen LogP contribution in [0.4, 0.5) is 0 Å². The van der Waals surface area contributed by atoms with Crippen molar-refractivity contribution in [2.45, 2.75) is 32.1 Å². The minimum absolute atomic E-state index is 0.0357. The number of ether oxygens (including phenoxy) is 3. The maximum atomic E-state index is 12.4. The fraction of sp³-hybridized carbons (Fsp3) is 0.364. The monoisotopic (exact) mass is 368 g/mol. The Kier molecular flexibility index (Phi) is 6.47. The van der Waals surface area contributed by atoms with Gasteiger partial charge in [-0.25, -0.2) is 4.79 Å². The molecule has 0 bridgehead atoms. The fourth-order valence-corrected chi connectivity index (χ4v) is 3.18. The first-order chi connectivity index (χ1) is 13.2. The van der Waals surface area contributed by atoms with Crippen LogP contribution in [0.1, 0.15) is 37.7 Å². The number of fused-ring (bicyclic) bond motifs is 1. The quantitative estimate of drug-likeness (QED) is 0.554. The predicted molar refractivity (Wildman–Crippen MR) is 102 cm³/mol. The number of esters is 1. The minimum Gasteiger partial charge on any atom is -0.497 e. The molecule has 0 spiro atoms. The van der Waals surface area contributed by atoms with E-state index in [-0.39, 0.29) is 12.2 Å². The third-order valence-corrected chi connectivity index (χ3v) is 4.61. The molecule has 142 valence electrons. The maximum absolute atomic E-state index is 12.4. The van der Waals surface area contributed by atoms with Gasteiger partial charge in [-0.1, -0.05) is 30.4 Å². The van der Waals surface area contributed by atoms with Gasteiger partial charge in [0.1, 0.15) is 18.1 Å². The summed E-state index contributed by atoms with van der Waals surface area (Å²) < 4.78 is 16.6. The van der Waals surface area contributed by atoms with E-state index in [9.17, 15) is 9.59 Å². The molecule has 27 heavy (non-hydrogen) atoms. The van der Waals surface area contributed by atoms with Crippen LogP contribution < -0.4 is 4.74 Å². The van der Waals surface area contributed by atoms with Gasteiger partial charge in [0.2, 0.25) is 0 Å². The molecule has 1 aliphatic carbocycles. The number of hydrogen-bond donors (Lipinski definition) is 0. The molecule has 0 atom stereocenters. The van der Waals surface area contributed by atoms with Gasteiger partial charge in [0.05, 0.1) is 13.7 Å². The van der Waals surface area contributed by atoms with E-state index in [1.165, 1.54) is 7.11 Å². The molecule has 5 nitrogen and oxygen atoms in total. The number of carbonyl (C=O) groups is 2. The summed E-state index contributed by atoms with van der Waals surface area (Å²) in [7, 11) is 1.34. The number of benzene rings is 1. The molecule has 1 heterocycles. The topological polar surface area (TPSA) is 61.8 Å². The van der Waals surface area contributed by atoms with Gasteiger partial charge in [0.15, 0.2) is 5.78 Å². The highest BCUT2D eigenvalue weighted by molar-refractivity contribution is 6.02.